The Hall–Kier alpha value is -2.03. The number of carbonyl (C=O) groups excluding carboxylic acids is 1. The van der Waals surface area contributed by atoms with E-state index in [4.69, 9.17) is 0 Å². The first-order chi connectivity index (χ1) is 10.2. The average Bonchev–Trinajstić information content (AvgIpc) is 2.48. The smallest absolute Gasteiger partial charge is 0.155 e. The van der Waals surface area contributed by atoms with Gasteiger partial charge in [0.2, 0.25) is 0 Å². The highest BCUT2D eigenvalue weighted by atomic mass is 19.1. The van der Waals surface area contributed by atoms with Crippen molar-refractivity contribution in [3.05, 3.63) is 59.2 Å². The summed E-state index contributed by atoms with van der Waals surface area (Å²) in [7, 11) is 0. The van der Waals surface area contributed by atoms with Crippen molar-refractivity contribution in [1.29, 1.82) is 0 Å². The molecule has 0 spiro atoms. The molecule has 0 aliphatic carbocycles. The van der Waals surface area contributed by atoms with E-state index < -0.39 is 17.2 Å². The molecule has 0 aliphatic rings. The van der Waals surface area contributed by atoms with Crippen LogP contribution in [0.3, 0.4) is 0 Å². The number of benzene rings is 2. The van der Waals surface area contributed by atoms with Crippen molar-refractivity contribution in [2.45, 2.75) is 32.6 Å². The summed E-state index contributed by atoms with van der Waals surface area (Å²) >= 11 is 0. The van der Waals surface area contributed by atoms with Crippen molar-refractivity contribution >= 4 is 6.29 Å². The predicted molar refractivity (Wildman–Crippen MR) is 80.4 cm³/mol. The Kier molecular flexibility index (Phi) is 5.20. The van der Waals surface area contributed by atoms with Crippen LogP contribution >= 0.6 is 0 Å². The maximum atomic E-state index is 13.6. The molecule has 21 heavy (non-hydrogen) atoms. The molecular weight excluding hydrogens is 270 g/mol. The van der Waals surface area contributed by atoms with Crippen molar-refractivity contribution in [2.75, 3.05) is 0 Å². The lowest BCUT2D eigenvalue weighted by molar-refractivity contribution is 0.111. The van der Waals surface area contributed by atoms with Crippen LogP contribution in [0.1, 0.15) is 42.1 Å². The molecule has 2 aromatic rings. The molecule has 0 unspecified atom stereocenters. The van der Waals surface area contributed by atoms with Crippen LogP contribution in [-0.4, -0.2) is 6.29 Å². The first kappa shape index (κ1) is 15.4. The highest BCUT2D eigenvalue weighted by Crippen LogP contribution is 2.24. The highest BCUT2D eigenvalue weighted by Gasteiger charge is 2.11. The van der Waals surface area contributed by atoms with E-state index >= 15 is 0 Å². The number of halogens is 2. The molecule has 0 heterocycles. The van der Waals surface area contributed by atoms with E-state index in [1.165, 1.54) is 30.5 Å². The van der Waals surface area contributed by atoms with Crippen LogP contribution in [0, 0.1) is 11.6 Å². The summed E-state index contributed by atoms with van der Waals surface area (Å²) in [5.74, 6) is -1.65. The molecule has 3 heteroatoms. The molecule has 2 aromatic carbocycles. The van der Waals surface area contributed by atoms with E-state index in [-0.39, 0.29) is 6.29 Å². The van der Waals surface area contributed by atoms with Crippen molar-refractivity contribution in [3.63, 3.8) is 0 Å². The summed E-state index contributed by atoms with van der Waals surface area (Å²) in [5.41, 5.74) is 1.88. The van der Waals surface area contributed by atoms with Crippen molar-refractivity contribution in [2.24, 2.45) is 0 Å². The van der Waals surface area contributed by atoms with Gasteiger partial charge < -0.3 is 0 Å². The van der Waals surface area contributed by atoms with Crippen molar-refractivity contribution in [3.8, 4) is 11.1 Å². The van der Waals surface area contributed by atoms with Gasteiger partial charge in [-0.3, -0.25) is 4.79 Å². The molecule has 0 bridgehead atoms. The summed E-state index contributed by atoms with van der Waals surface area (Å²) < 4.78 is 27.2. The zero-order chi connectivity index (χ0) is 15.2. The van der Waals surface area contributed by atoms with Crippen LogP contribution in [-0.2, 0) is 6.42 Å². The molecule has 0 radical (unpaired) electrons. The maximum absolute atomic E-state index is 13.6. The van der Waals surface area contributed by atoms with Crippen molar-refractivity contribution < 1.29 is 13.6 Å². The number of rotatable bonds is 6. The first-order valence-electron chi connectivity index (χ1n) is 7.19. The Morgan fingerprint density at radius 3 is 2.10 bits per heavy atom. The summed E-state index contributed by atoms with van der Waals surface area (Å²) in [4.78, 5) is 10.6. The number of hydrogen-bond acceptors (Lipinski definition) is 1. The fraction of sp³-hybridized carbons (Fsp3) is 0.278. The fourth-order valence-electron chi connectivity index (χ4n) is 2.31. The number of aryl methyl sites for hydroxylation is 1. The van der Waals surface area contributed by atoms with Gasteiger partial charge in [0.15, 0.2) is 6.29 Å². The highest BCUT2D eigenvalue weighted by molar-refractivity contribution is 5.78. The zero-order valence-electron chi connectivity index (χ0n) is 12.0. The van der Waals surface area contributed by atoms with Gasteiger partial charge in [-0.15, -0.1) is 0 Å². The lowest BCUT2D eigenvalue weighted by Crippen LogP contribution is -1.95. The largest absolute Gasteiger partial charge is 0.298 e. The number of carbonyl (C=O) groups is 1. The van der Waals surface area contributed by atoms with E-state index in [2.05, 4.69) is 6.92 Å². The third-order valence-corrected chi connectivity index (χ3v) is 3.55. The molecule has 0 N–H and O–H groups in total. The predicted octanol–water partition coefficient (Wildman–Crippen LogP) is 5.18. The molecule has 0 fully saturated rings. The Labute approximate surface area is 123 Å². The minimum atomic E-state index is -0.827. The second-order valence-corrected chi connectivity index (χ2v) is 5.13. The van der Waals surface area contributed by atoms with Gasteiger partial charge in [-0.05, 0) is 41.7 Å². The topological polar surface area (TPSA) is 17.1 Å². The third-order valence-electron chi connectivity index (χ3n) is 3.55. The zero-order valence-corrected chi connectivity index (χ0v) is 12.0. The van der Waals surface area contributed by atoms with Gasteiger partial charge in [-0.1, -0.05) is 44.0 Å². The quantitative estimate of drug-likeness (QED) is 0.529. The van der Waals surface area contributed by atoms with E-state index in [0.717, 1.165) is 18.4 Å². The van der Waals surface area contributed by atoms with E-state index in [1.807, 2.05) is 24.3 Å². The number of aldehydes is 1. The minimum absolute atomic E-state index is 0.200. The van der Waals surface area contributed by atoms with Crippen LogP contribution < -0.4 is 0 Å². The summed E-state index contributed by atoms with van der Waals surface area (Å²) in [5, 5.41) is 0. The number of unbranched alkanes of at least 4 members (excludes halogenated alkanes) is 2. The molecule has 0 atom stereocenters. The Bertz CT molecular complexity index is 595. The van der Waals surface area contributed by atoms with Gasteiger partial charge in [0, 0.05) is 0 Å². The number of hydrogen-bond donors (Lipinski definition) is 0. The Morgan fingerprint density at radius 2 is 1.57 bits per heavy atom. The maximum Gasteiger partial charge on any atom is 0.155 e. The molecule has 2 rings (SSSR count). The Balaban J connectivity index is 2.21. The molecule has 0 saturated carbocycles. The van der Waals surface area contributed by atoms with Crippen LogP contribution in [0.25, 0.3) is 11.1 Å². The molecule has 0 saturated heterocycles. The molecule has 0 aromatic heterocycles. The second-order valence-electron chi connectivity index (χ2n) is 5.13. The minimum Gasteiger partial charge on any atom is -0.298 e. The van der Waals surface area contributed by atoms with E-state index in [9.17, 15) is 13.6 Å². The lowest BCUT2D eigenvalue weighted by Gasteiger charge is -2.06. The van der Waals surface area contributed by atoms with Gasteiger partial charge in [0.25, 0.3) is 0 Å². The van der Waals surface area contributed by atoms with Crippen LogP contribution in [0.4, 0.5) is 8.78 Å². The van der Waals surface area contributed by atoms with Gasteiger partial charge in [0.1, 0.15) is 11.6 Å². The SMILES string of the molecule is CCCCCc1ccc(-c2cc(F)c(C=O)c(F)c2)cc1. The molecule has 110 valence electrons. The molecule has 0 aliphatic heterocycles. The van der Waals surface area contributed by atoms with Crippen LogP contribution in [0.15, 0.2) is 36.4 Å². The van der Waals surface area contributed by atoms with Crippen LogP contribution in [0.2, 0.25) is 0 Å². The summed E-state index contributed by atoms with van der Waals surface area (Å²) in [6.07, 6.45) is 4.74. The fourth-order valence-corrected chi connectivity index (χ4v) is 2.31. The molecule has 0 amide bonds. The van der Waals surface area contributed by atoms with Crippen LogP contribution in [0.5, 0.6) is 0 Å². The van der Waals surface area contributed by atoms with Gasteiger partial charge in [-0.25, -0.2) is 8.78 Å². The lowest BCUT2D eigenvalue weighted by atomic mass is 10.00. The monoisotopic (exact) mass is 288 g/mol. The third kappa shape index (κ3) is 3.75. The molecular formula is C18H18F2O. The van der Waals surface area contributed by atoms with E-state index in [1.54, 1.807) is 0 Å². The van der Waals surface area contributed by atoms with Gasteiger partial charge >= 0.3 is 0 Å². The van der Waals surface area contributed by atoms with Gasteiger partial charge in [-0.2, -0.15) is 0 Å². The summed E-state index contributed by atoms with van der Waals surface area (Å²) in [6, 6.07) is 10.1. The van der Waals surface area contributed by atoms with Gasteiger partial charge in [0.05, 0.1) is 5.56 Å². The van der Waals surface area contributed by atoms with Crippen molar-refractivity contribution in [1.82, 2.24) is 0 Å². The van der Waals surface area contributed by atoms with E-state index in [0.29, 0.717) is 5.56 Å². The average molecular weight is 288 g/mol. The normalized spacial score (nSPS) is 10.6. The molecule has 1 nitrogen and oxygen atoms in total. The summed E-state index contributed by atoms with van der Waals surface area (Å²) in [6.45, 7) is 2.16. The standard InChI is InChI=1S/C18H18F2O/c1-2-3-4-5-13-6-8-14(9-7-13)15-10-17(19)16(12-21)18(20)11-15/h6-12H,2-5H2,1H3. The Morgan fingerprint density at radius 1 is 0.952 bits per heavy atom. The first-order valence-corrected chi connectivity index (χ1v) is 7.19. The second kappa shape index (κ2) is 7.11.